The van der Waals surface area contributed by atoms with E-state index in [1.807, 2.05) is 24.3 Å². The predicted molar refractivity (Wildman–Crippen MR) is 118 cm³/mol. The number of carbonyl (C=O) groups excluding carboxylic acids is 4. The quantitative estimate of drug-likeness (QED) is 0.499. The van der Waals surface area contributed by atoms with Crippen LogP contribution in [-0.4, -0.2) is 48.4 Å². The second-order valence-electron chi connectivity index (χ2n) is 7.80. The highest BCUT2D eigenvalue weighted by atomic mass is 16.5. The molecule has 1 atom stereocenters. The molecule has 8 heteroatoms. The Labute approximate surface area is 186 Å². The Morgan fingerprint density at radius 2 is 1.69 bits per heavy atom. The van der Waals surface area contributed by atoms with Gasteiger partial charge in [-0.25, -0.2) is 4.79 Å². The maximum absolute atomic E-state index is 12.8. The van der Waals surface area contributed by atoms with Crippen LogP contribution in [0.25, 0.3) is 0 Å². The van der Waals surface area contributed by atoms with E-state index >= 15 is 0 Å². The van der Waals surface area contributed by atoms with Crippen LogP contribution in [0.3, 0.4) is 0 Å². The molecule has 0 saturated carbocycles. The first kappa shape index (κ1) is 23.2. The smallest absolute Gasteiger partial charge is 0.340 e. The maximum atomic E-state index is 12.8. The number of ketones is 1. The van der Waals surface area contributed by atoms with Gasteiger partial charge >= 0.3 is 11.9 Å². The first-order valence-corrected chi connectivity index (χ1v) is 10.7. The Hall–Kier alpha value is -3.42. The van der Waals surface area contributed by atoms with Gasteiger partial charge in [0.25, 0.3) is 0 Å². The summed E-state index contributed by atoms with van der Waals surface area (Å²) in [4.78, 5) is 54.5. The largest absolute Gasteiger partial charge is 0.462 e. The van der Waals surface area contributed by atoms with Crippen molar-refractivity contribution in [3.05, 3.63) is 52.3 Å². The number of carbonyl (C=O) groups is 4. The summed E-state index contributed by atoms with van der Waals surface area (Å²) >= 11 is 0. The van der Waals surface area contributed by atoms with E-state index in [9.17, 15) is 19.2 Å². The Bertz CT molecular complexity index is 1040. The van der Waals surface area contributed by atoms with Crippen LogP contribution in [0.1, 0.15) is 57.9 Å². The van der Waals surface area contributed by atoms with Crippen LogP contribution in [0.5, 0.6) is 0 Å². The molecule has 1 aromatic heterocycles. The van der Waals surface area contributed by atoms with Crippen molar-refractivity contribution in [1.82, 2.24) is 4.98 Å². The van der Waals surface area contributed by atoms with Gasteiger partial charge < -0.3 is 19.4 Å². The highest BCUT2D eigenvalue weighted by Gasteiger charge is 2.36. The third-order valence-electron chi connectivity index (χ3n) is 5.59. The lowest BCUT2D eigenvalue weighted by atomic mass is 10.0. The van der Waals surface area contributed by atoms with E-state index < -0.39 is 30.2 Å². The lowest BCUT2D eigenvalue weighted by Gasteiger charge is -2.17. The van der Waals surface area contributed by atoms with Crippen LogP contribution < -0.4 is 4.90 Å². The number of ether oxygens (including phenoxy) is 2. The minimum atomic E-state index is -0.653. The summed E-state index contributed by atoms with van der Waals surface area (Å²) in [6, 6.07) is 7.63. The van der Waals surface area contributed by atoms with Crippen molar-refractivity contribution in [2.75, 3.05) is 24.7 Å². The fourth-order valence-electron chi connectivity index (χ4n) is 3.94. The minimum absolute atomic E-state index is 0.0267. The summed E-state index contributed by atoms with van der Waals surface area (Å²) in [5.74, 6) is -2.53. The van der Waals surface area contributed by atoms with E-state index in [1.54, 1.807) is 25.7 Å². The Balaban J connectivity index is 1.64. The number of benzene rings is 1. The lowest BCUT2D eigenvalue weighted by Crippen LogP contribution is -2.27. The number of amides is 1. The molecule has 32 heavy (non-hydrogen) atoms. The SMILES string of the molecule is CCOC(=O)c1c(C)[nH]c(C)c1C(=O)COC(=O)C1CC(=O)N(c2ccc(CC)cc2)C1. The fraction of sp³-hybridized carbons (Fsp3) is 0.417. The number of nitrogens with zero attached hydrogens (tertiary/aromatic N) is 1. The number of anilines is 1. The average molecular weight is 440 g/mol. The summed E-state index contributed by atoms with van der Waals surface area (Å²) < 4.78 is 10.3. The highest BCUT2D eigenvalue weighted by molar-refractivity contribution is 6.09. The number of aromatic nitrogens is 1. The second-order valence-corrected chi connectivity index (χ2v) is 7.80. The van der Waals surface area contributed by atoms with Crippen LogP contribution in [0.4, 0.5) is 5.69 Å². The highest BCUT2D eigenvalue weighted by Crippen LogP contribution is 2.27. The molecule has 0 spiro atoms. The molecule has 1 N–H and O–H groups in total. The van der Waals surface area contributed by atoms with E-state index in [4.69, 9.17) is 9.47 Å². The molecule has 1 aliphatic rings. The van der Waals surface area contributed by atoms with E-state index in [-0.39, 0.29) is 36.6 Å². The number of Topliss-reactive ketones (excluding diaryl/α,β-unsaturated/α-hetero) is 1. The molecule has 3 rings (SSSR count). The van der Waals surface area contributed by atoms with Gasteiger partial charge in [-0.2, -0.15) is 0 Å². The molecule has 1 aliphatic heterocycles. The van der Waals surface area contributed by atoms with Crippen LogP contribution in [0.15, 0.2) is 24.3 Å². The zero-order valence-electron chi connectivity index (χ0n) is 18.8. The molecule has 0 radical (unpaired) electrons. The van der Waals surface area contributed by atoms with Gasteiger partial charge in [0.15, 0.2) is 6.61 Å². The van der Waals surface area contributed by atoms with Crippen molar-refractivity contribution in [2.24, 2.45) is 5.92 Å². The van der Waals surface area contributed by atoms with Crippen LogP contribution in [0, 0.1) is 19.8 Å². The van der Waals surface area contributed by atoms with Gasteiger partial charge in [0.1, 0.15) is 0 Å². The molecule has 0 bridgehead atoms. The molecular weight excluding hydrogens is 412 g/mol. The fourth-order valence-corrected chi connectivity index (χ4v) is 3.94. The first-order valence-electron chi connectivity index (χ1n) is 10.7. The number of aryl methyl sites for hydroxylation is 3. The van der Waals surface area contributed by atoms with E-state index in [1.165, 1.54) is 0 Å². The molecule has 1 fully saturated rings. The van der Waals surface area contributed by atoms with Crippen LogP contribution in [-0.2, 0) is 25.5 Å². The molecule has 1 aromatic carbocycles. The summed E-state index contributed by atoms with van der Waals surface area (Å²) in [6.07, 6.45) is 0.925. The van der Waals surface area contributed by atoms with Gasteiger partial charge in [0.2, 0.25) is 11.7 Å². The van der Waals surface area contributed by atoms with Gasteiger partial charge in [-0.05, 0) is 44.9 Å². The van der Waals surface area contributed by atoms with Crippen molar-refractivity contribution in [3.8, 4) is 0 Å². The number of H-pyrrole nitrogens is 1. The third-order valence-corrected chi connectivity index (χ3v) is 5.59. The van der Waals surface area contributed by atoms with Crippen LogP contribution >= 0.6 is 0 Å². The molecule has 1 saturated heterocycles. The predicted octanol–water partition coefficient (Wildman–Crippen LogP) is 3.15. The molecule has 1 unspecified atom stereocenters. The molecule has 1 amide bonds. The average Bonchev–Trinajstić information content (AvgIpc) is 3.30. The van der Waals surface area contributed by atoms with E-state index in [0.717, 1.165) is 17.7 Å². The monoisotopic (exact) mass is 440 g/mol. The van der Waals surface area contributed by atoms with Crippen molar-refractivity contribution in [2.45, 2.75) is 40.5 Å². The Morgan fingerprint density at radius 1 is 1.03 bits per heavy atom. The van der Waals surface area contributed by atoms with E-state index in [0.29, 0.717) is 11.4 Å². The van der Waals surface area contributed by atoms with Gasteiger partial charge in [0.05, 0.1) is 23.7 Å². The summed E-state index contributed by atoms with van der Waals surface area (Å²) in [5, 5.41) is 0. The molecule has 0 aliphatic carbocycles. The first-order chi connectivity index (χ1) is 15.3. The van der Waals surface area contributed by atoms with E-state index in [2.05, 4.69) is 11.9 Å². The lowest BCUT2D eigenvalue weighted by molar-refractivity contribution is -0.147. The number of nitrogens with one attached hydrogen (secondary N) is 1. The summed E-state index contributed by atoms with van der Waals surface area (Å²) in [6.45, 7) is 6.94. The number of hydrogen-bond donors (Lipinski definition) is 1. The maximum Gasteiger partial charge on any atom is 0.340 e. The van der Waals surface area contributed by atoms with Gasteiger partial charge in [0, 0.05) is 30.0 Å². The minimum Gasteiger partial charge on any atom is -0.462 e. The molecular formula is C24H28N2O6. The number of esters is 2. The Morgan fingerprint density at radius 3 is 2.31 bits per heavy atom. The normalized spacial score (nSPS) is 15.7. The second kappa shape index (κ2) is 9.80. The zero-order valence-corrected chi connectivity index (χ0v) is 18.8. The standard InChI is InChI=1S/C24H28N2O6/c1-5-16-7-9-18(10-8-16)26-12-17(11-20(26)28)23(29)32-13-19(27)21-14(3)25-15(4)22(21)24(30)31-6-2/h7-10,17,25H,5-6,11-13H2,1-4H3. The molecule has 170 valence electrons. The van der Waals surface area contributed by atoms with Gasteiger partial charge in [-0.1, -0.05) is 19.1 Å². The van der Waals surface area contributed by atoms with Crippen molar-refractivity contribution in [3.63, 3.8) is 0 Å². The summed E-state index contributed by atoms with van der Waals surface area (Å²) in [7, 11) is 0. The number of aromatic amines is 1. The van der Waals surface area contributed by atoms with Crippen LogP contribution in [0.2, 0.25) is 0 Å². The van der Waals surface area contributed by atoms with Crippen molar-refractivity contribution >= 4 is 29.3 Å². The molecule has 8 nitrogen and oxygen atoms in total. The van der Waals surface area contributed by atoms with Gasteiger partial charge in [-0.15, -0.1) is 0 Å². The topological polar surface area (TPSA) is 106 Å². The zero-order chi connectivity index (χ0) is 23.4. The van der Waals surface area contributed by atoms with Crippen molar-refractivity contribution < 1.29 is 28.7 Å². The number of rotatable bonds is 8. The third kappa shape index (κ3) is 4.74. The summed E-state index contributed by atoms with van der Waals surface area (Å²) in [5.41, 5.74) is 3.23. The molecule has 2 heterocycles. The van der Waals surface area contributed by atoms with Gasteiger partial charge in [-0.3, -0.25) is 14.4 Å². The number of hydrogen-bond acceptors (Lipinski definition) is 6. The van der Waals surface area contributed by atoms with Crippen molar-refractivity contribution in [1.29, 1.82) is 0 Å². The molecule has 2 aromatic rings. The Kier molecular flexibility index (Phi) is 7.12.